The lowest BCUT2D eigenvalue weighted by molar-refractivity contribution is 0.0978. The van der Waals surface area contributed by atoms with Gasteiger partial charge in [-0.15, -0.1) is 10.2 Å². The van der Waals surface area contributed by atoms with Gasteiger partial charge in [0.2, 0.25) is 0 Å². The average molecular weight is 444 g/mol. The molecule has 0 saturated carbocycles. The highest BCUT2D eigenvalue weighted by Gasteiger charge is 2.16. The summed E-state index contributed by atoms with van der Waals surface area (Å²) >= 11 is 1.23. The number of benzene rings is 1. The number of rotatable bonds is 7. The van der Waals surface area contributed by atoms with Crippen LogP contribution < -0.4 is 5.56 Å². The molecule has 0 radical (unpaired) electrons. The lowest BCUT2D eigenvalue weighted by atomic mass is 10.1. The van der Waals surface area contributed by atoms with E-state index in [1.165, 1.54) is 29.8 Å². The number of ketones is 1. The van der Waals surface area contributed by atoms with Gasteiger partial charge in [0.15, 0.2) is 10.8 Å². The summed E-state index contributed by atoms with van der Waals surface area (Å²) in [4.78, 5) is 29.7. The summed E-state index contributed by atoms with van der Waals surface area (Å²) in [5.41, 5.74) is 0.661. The largest absolute Gasteiger partial charge is 0.359 e. The molecule has 10 heteroatoms. The number of pyridine rings is 1. The molecule has 4 rings (SSSR count). The maximum Gasteiger partial charge on any atom is 0.258 e. The number of aromatic nitrogens is 4. The number of hydrogen-bond donors (Lipinski definition) is 2. The number of carbonyl (C=O) groups excluding carboxylic acids is 1. The van der Waals surface area contributed by atoms with E-state index in [0.717, 1.165) is 0 Å². The Labute approximate surface area is 177 Å². The van der Waals surface area contributed by atoms with Crippen LogP contribution in [0.2, 0.25) is 0 Å². The van der Waals surface area contributed by atoms with Crippen LogP contribution in [0.25, 0.3) is 10.6 Å². The van der Waals surface area contributed by atoms with Gasteiger partial charge in [-0.3, -0.25) is 9.59 Å². The van der Waals surface area contributed by atoms with Crippen LogP contribution in [0.4, 0.5) is 13.2 Å². The van der Waals surface area contributed by atoms with Gasteiger partial charge in [0, 0.05) is 49.4 Å². The minimum atomic E-state index is -0.986. The predicted molar refractivity (Wildman–Crippen MR) is 109 cm³/mol. The summed E-state index contributed by atoms with van der Waals surface area (Å²) in [7, 11) is 0. The molecule has 0 fully saturated rings. The summed E-state index contributed by atoms with van der Waals surface area (Å²) in [6.45, 7) is 0. The second-order valence-corrected chi connectivity index (χ2v) is 7.85. The minimum Gasteiger partial charge on any atom is -0.359 e. The molecule has 3 aromatic heterocycles. The molecule has 0 unspecified atom stereocenters. The highest BCUT2D eigenvalue weighted by molar-refractivity contribution is 7.14. The molecular weight excluding hydrogens is 429 g/mol. The van der Waals surface area contributed by atoms with Gasteiger partial charge in [-0.2, -0.15) is 0 Å². The molecule has 1 aromatic carbocycles. The molecule has 0 aliphatic heterocycles. The fraction of sp³-hybridized carbons (Fsp3) is 0.143. The number of nitrogens with one attached hydrogen (secondary N) is 2. The molecule has 0 saturated heterocycles. The molecule has 2 N–H and O–H groups in total. The number of aromatic amines is 2. The zero-order valence-electron chi connectivity index (χ0n) is 15.9. The first kappa shape index (κ1) is 20.7. The Kier molecular flexibility index (Phi) is 5.81. The Bertz CT molecular complexity index is 1290. The molecule has 0 bridgehead atoms. The van der Waals surface area contributed by atoms with E-state index in [1.54, 1.807) is 12.1 Å². The highest BCUT2D eigenvalue weighted by atomic mass is 32.1. The van der Waals surface area contributed by atoms with Gasteiger partial charge in [-0.25, -0.2) is 13.2 Å². The van der Waals surface area contributed by atoms with Crippen molar-refractivity contribution in [2.45, 2.75) is 19.3 Å². The number of halogens is 3. The van der Waals surface area contributed by atoms with E-state index in [4.69, 9.17) is 0 Å². The van der Waals surface area contributed by atoms with Crippen molar-refractivity contribution in [3.8, 4) is 10.6 Å². The Morgan fingerprint density at radius 2 is 1.84 bits per heavy atom. The molecule has 0 aliphatic rings. The monoisotopic (exact) mass is 444 g/mol. The summed E-state index contributed by atoms with van der Waals surface area (Å²) in [5, 5.41) is 9.10. The van der Waals surface area contributed by atoms with Crippen molar-refractivity contribution in [2.24, 2.45) is 0 Å². The van der Waals surface area contributed by atoms with E-state index >= 15 is 0 Å². The van der Waals surface area contributed by atoms with Crippen molar-refractivity contribution in [3.63, 3.8) is 0 Å². The predicted octanol–water partition coefficient (Wildman–Crippen LogP) is 4.05. The fourth-order valence-electron chi connectivity index (χ4n) is 3.06. The first-order valence-corrected chi connectivity index (χ1v) is 10.1. The number of nitrogens with zero attached hydrogens (tertiary/aromatic N) is 2. The SMILES string of the molecule is O=C(CCc1nnc(-c2ccc[nH]c2=O)s1)c1cc(Cc2c(F)cc(F)cc2F)c[nH]1. The zero-order valence-corrected chi connectivity index (χ0v) is 16.7. The summed E-state index contributed by atoms with van der Waals surface area (Å²) in [6.07, 6.45) is 3.36. The summed E-state index contributed by atoms with van der Waals surface area (Å²) in [6, 6.07) is 6.09. The molecule has 0 amide bonds. The van der Waals surface area contributed by atoms with E-state index in [2.05, 4.69) is 20.2 Å². The number of carbonyl (C=O) groups is 1. The van der Waals surface area contributed by atoms with Gasteiger partial charge in [0.25, 0.3) is 5.56 Å². The standard InChI is InChI=1S/C21H15F3N4O2S/c22-12-8-15(23)14(16(24)9-12)6-11-7-17(26-10-11)18(29)3-4-19-27-28-21(31-19)13-2-1-5-25-20(13)30/h1-2,5,7-10,26H,3-4,6H2,(H,25,30). The van der Waals surface area contributed by atoms with Crippen LogP contribution in [0.3, 0.4) is 0 Å². The maximum atomic E-state index is 13.8. The van der Waals surface area contributed by atoms with Crippen molar-refractivity contribution < 1.29 is 18.0 Å². The lowest BCUT2D eigenvalue weighted by Crippen LogP contribution is -2.06. The summed E-state index contributed by atoms with van der Waals surface area (Å²) < 4.78 is 40.7. The van der Waals surface area contributed by atoms with Crippen molar-refractivity contribution in [1.82, 2.24) is 20.2 Å². The summed E-state index contributed by atoms with van der Waals surface area (Å²) in [5.74, 6) is -3.15. The molecule has 6 nitrogen and oxygen atoms in total. The Morgan fingerprint density at radius 1 is 1.06 bits per heavy atom. The second kappa shape index (κ2) is 8.68. The van der Waals surface area contributed by atoms with Gasteiger partial charge < -0.3 is 9.97 Å². The Morgan fingerprint density at radius 3 is 2.58 bits per heavy atom. The molecule has 31 heavy (non-hydrogen) atoms. The third-order valence-corrected chi connectivity index (χ3v) is 5.63. The molecule has 0 atom stereocenters. The lowest BCUT2D eigenvalue weighted by Gasteiger charge is -2.03. The van der Waals surface area contributed by atoms with Crippen LogP contribution in [0.15, 0.2) is 47.5 Å². The van der Waals surface area contributed by atoms with Crippen molar-refractivity contribution >= 4 is 17.1 Å². The van der Waals surface area contributed by atoms with Gasteiger partial charge in [-0.1, -0.05) is 11.3 Å². The fourth-order valence-corrected chi connectivity index (χ4v) is 3.92. The molecule has 4 aromatic rings. The highest BCUT2D eigenvalue weighted by Crippen LogP contribution is 2.22. The minimum absolute atomic E-state index is 0.118. The van der Waals surface area contributed by atoms with Gasteiger partial charge in [-0.05, 0) is 23.8 Å². The van der Waals surface area contributed by atoms with Crippen LogP contribution >= 0.6 is 11.3 Å². The normalized spacial score (nSPS) is 11.1. The molecule has 3 heterocycles. The van der Waals surface area contributed by atoms with Crippen LogP contribution in [0.5, 0.6) is 0 Å². The number of H-pyrrole nitrogens is 2. The van der Waals surface area contributed by atoms with E-state index in [9.17, 15) is 22.8 Å². The first-order chi connectivity index (χ1) is 14.9. The second-order valence-electron chi connectivity index (χ2n) is 6.78. The van der Waals surface area contributed by atoms with Crippen LogP contribution in [-0.2, 0) is 12.8 Å². The van der Waals surface area contributed by atoms with Gasteiger partial charge >= 0.3 is 0 Å². The smallest absolute Gasteiger partial charge is 0.258 e. The average Bonchev–Trinajstić information content (AvgIpc) is 3.39. The third-order valence-electron chi connectivity index (χ3n) is 4.61. The topological polar surface area (TPSA) is 91.5 Å². The third kappa shape index (κ3) is 4.64. The van der Waals surface area contributed by atoms with Crippen LogP contribution in [-0.4, -0.2) is 25.9 Å². The Balaban J connectivity index is 1.40. The Hall–Kier alpha value is -3.53. The number of Topliss-reactive ketones (excluding diaryl/α,β-unsaturated/α-hetero) is 1. The quantitative estimate of drug-likeness (QED) is 0.421. The van der Waals surface area contributed by atoms with Crippen molar-refractivity contribution in [1.29, 1.82) is 0 Å². The van der Waals surface area contributed by atoms with Gasteiger partial charge in [0.05, 0.1) is 11.3 Å². The molecule has 0 spiro atoms. The van der Waals surface area contributed by atoms with Crippen LogP contribution in [0, 0.1) is 17.5 Å². The van der Waals surface area contributed by atoms with E-state index in [1.807, 2.05) is 0 Å². The first-order valence-electron chi connectivity index (χ1n) is 9.25. The number of hydrogen-bond acceptors (Lipinski definition) is 5. The van der Waals surface area contributed by atoms with E-state index in [0.29, 0.717) is 45.4 Å². The zero-order chi connectivity index (χ0) is 22.0. The number of aryl methyl sites for hydroxylation is 1. The van der Waals surface area contributed by atoms with E-state index in [-0.39, 0.29) is 29.7 Å². The molecular formula is C21H15F3N4O2S. The van der Waals surface area contributed by atoms with E-state index < -0.39 is 17.5 Å². The maximum absolute atomic E-state index is 13.8. The van der Waals surface area contributed by atoms with Crippen LogP contribution in [0.1, 0.15) is 33.0 Å². The molecule has 0 aliphatic carbocycles. The van der Waals surface area contributed by atoms with Crippen molar-refractivity contribution in [2.75, 3.05) is 0 Å². The molecule has 158 valence electrons. The van der Waals surface area contributed by atoms with Gasteiger partial charge in [0.1, 0.15) is 22.5 Å². The van der Waals surface area contributed by atoms with Crippen molar-refractivity contribution in [3.05, 3.63) is 92.4 Å².